The van der Waals surface area contributed by atoms with E-state index in [1.165, 1.54) is 44.5 Å². The van der Waals surface area contributed by atoms with Crippen molar-refractivity contribution in [1.29, 1.82) is 0 Å². The fourth-order valence-corrected chi connectivity index (χ4v) is 4.82. The first-order chi connectivity index (χ1) is 17.1. The number of sulfonamides is 1. The van der Waals surface area contributed by atoms with Gasteiger partial charge in [0.2, 0.25) is 5.60 Å². The first-order valence-corrected chi connectivity index (χ1v) is 12.5. The van der Waals surface area contributed by atoms with Gasteiger partial charge in [0.25, 0.3) is 10.0 Å². The maximum Gasteiger partial charge on any atom is 0.427 e. The van der Waals surface area contributed by atoms with E-state index in [9.17, 15) is 31.2 Å². The quantitative estimate of drug-likeness (QED) is 0.521. The molecule has 0 saturated heterocycles. The number of ketones is 1. The van der Waals surface area contributed by atoms with Crippen LogP contribution < -0.4 is 19.1 Å². The van der Waals surface area contributed by atoms with E-state index >= 15 is 0 Å². The smallest absolute Gasteiger partial charge is 0.427 e. The molecule has 1 aromatic heterocycles. The van der Waals surface area contributed by atoms with Crippen molar-refractivity contribution in [2.45, 2.75) is 56.4 Å². The van der Waals surface area contributed by atoms with Crippen LogP contribution in [0.25, 0.3) is 0 Å². The van der Waals surface area contributed by atoms with E-state index in [4.69, 9.17) is 9.47 Å². The number of nitrogens with one attached hydrogen (secondary N) is 1. The summed E-state index contributed by atoms with van der Waals surface area (Å²) in [5, 5.41) is 2.19. The molecule has 202 valence electrons. The van der Waals surface area contributed by atoms with E-state index in [-0.39, 0.29) is 52.9 Å². The zero-order chi connectivity index (χ0) is 27.6. The monoisotopic (exact) mass is 545 g/mol. The van der Waals surface area contributed by atoms with Crippen molar-refractivity contribution in [1.82, 2.24) is 4.98 Å². The van der Waals surface area contributed by atoms with Crippen molar-refractivity contribution in [3.05, 3.63) is 36.7 Å². The van der Waals surface area contributed by atoms with Crippen LogP contribution in [0.4, 0.5) is 29.3 Å². The van der Waals surface area contributed by atoms with Gasteiger partial charge in [-0.2, -0.15) is 13.2 Å². The van der Waals surface area contributed by atoms with Crippen LogP contribution in [0.2, 0.25) is 0 Å². The molecule has 0 aliphatic carbocycles. The maximum atomic E-state index is 13.6. The third-order valence-corrected chi connectivity index (χ3v) is 7.24. The molecule has 14 heteroatoms. The first-order valence-electron chi connectivity index (χ1n) is 11.0. The van der Waals surface area contributed by atoms with E-state index in [0.29, 0.717) is 13.8 Å². The highest BCUT2D eigenvalue weighted by atomic mass is 32.2. The highest BCUT2D eigenvalue weighted by Crippen LogP contribution is 2.40. The van der Waals surface area contributed by atoms with E-state index < -0.39 is 34.0 Å². The van der Waals surface area contributed by atoms with Crippen LogP contribution in [0.5, 0.6) is 11.5 Å². The number of pyridine rings is 1. The number of benzene rings is 1. The van der Waals surface area contributed by atoms with Gasteiger partial charge in [-0.1, -0.05) is 0 Å². The average molecular weight is 546 g/mol. The van der Waals surface area contributed by atoms with Gasteiger partial charge in [0.15, 0.2) is 0 Å². The summed E-state index contributed by atoms with van der Waals surface area (Å²) in [5.74, 6) is 0.238. The Morgan fingerprint density at radius 2 is 1.92 bits per heavy atom. The van der Waals surface area contributed by atoms with Gasteiger partial charge in [0, 0.05) is 24.4 Å². The maximum absolute atomic E-state index is 13.6. The van der Waals surface area contributed by atoms with Gasteiger partial charge < -0.3 is 19.0 Å². The second kappa shape index (κ2) is 10.4. The predicted octanol–water partition coefficient (Wildman–Crippen LogP) is 4.31. The second-order valence-corrected chi connectivity index (χ2v) is 10.6. The Hall–Kier alpha value is -3.55. The minimum atomic E-state index is -4.81. The fraction of sp³-hybridized carbons (Fsp3) is 0.435. The number of methoxy groups -OCH3 is 1. The molecule has 3 rings (SSSR count). The lowest BCUT2D eigenvalue weighted by Crippen LogP contribution is -2.44. The van der Waals surface area contributed by atoms with E-state index in [2.05, 4.69) is 15.0 Å². The Kier molecular flexibility index (Phi) is 7.91. The van der Waals surface area contributed by atoms with Crippen molar-refractivity contribution in [2.75, 3.05) is 23.3 Å². The first kappa shape index (κ1) is 28.0. The molecule has 0 spiro atoms. The van der Waals surface area contributed by atoms with Crippen molar-refractivity contribution >= 4 is 33.3 Å². The molecular weight excluding hydrogens is 519 g/mol. The Morgan fingerprint density at radius 3 is 2.54 bits per heavy atom. The molecule has 1 amide bonds. The number of Topliss-reactive ketones (excluding diaryl/α,β-unsaturated/α-hetero) is 1. The van der Waals surface area contributed by atoms with Crippen LogP contribution in [0.1, 0.15) is 33.6 Å². The average Bonchev–Trinajstić information content (AvgIpc) is 2.81. The van der Waals surface area contributed by atoms with Gasteiger partial charge in [-0.25, -0.2) is 13.2 Å². The van der Waals surface area contributed by atoms with Gasteiger partial charge in [0.05, 0.1) is 25.5 Å². The number of hydrogen-bond acceptors (Lipinski definition) is 8. The highest BCUT2D eigenvalue weighted by molar-refractivity contribution is 7.92. The largest absolute Gasteiger partial charge is 0.495 e. The Balaban J connectivity index is 1.97. The number of aromatic nitrogens is 1. The number of rotatable bonds is 8. The number of hydrogen-bond donors (Lipinski definition) is 1. The van der Waals surface area contributed by atoms with Gasteiger partial charge in [0.1, 0.15) is 28.3 Å². The normalized spacial score (nSPS) is 15.9. The van der Waals surface area contributed by atoms with Crippen LogP contribution in [-0.2, 0) is 19.6 Å². The number of anilines is 2. The number of carbonyl (C=O) groups is 2. The lowest BCUT2D eigenvalue weighted by Gasteiger charge is -2.35. The summed E-state index contributed by atoms with van der Waals surface area (Å²) < 4.78 is 82.9. The van der Waals surface area contributed by atoms with Gasteiger partial charge in [-0.3, -0.25) is 14.6 Å². The summed E-state index contributed by atoms with van der Waals surface area (Å²) in [5.41, 5.74) is -2.76. The minimum Gasteiger partial charge on any atom is -0.495 e. The molecule has 0 radical (unpaired) electrons. The fourth-order valence-electron chi connectivity index (χ4n) is 3.34. The third kappa shape index (κ3) is 6.42. The molecule has 1 aromatic carbocycles. The van der Waals surface area contributed by atoms with Crippen LogP contribution in [0.3, 0.4) is 0 Å². The lowest BCUT2D eigenvalue weighted by atomic mass is 10.1. The van der Waals surface area contributed by atoms with Crippen molar-refractivity contribution in [2.24, 2.45) is 0 Å². The van der Waals surface area contributed by atoms with Gasteiger partial charge >= 0.3 is 12.3 Å². The van der Waals surface area contributed by atoms with E-state index in [1.807, 2.05) is 0 Å². The summed E-state index contributed by atoms with van der Waals surface area (Å²) in [6.07, 6.45) is -3.98. The van der Waals surface area contributed by atoms with Crippen molar-refractivity contribution < 1.29 is 45.4 Å². The molecule has 1 aliphatic rings. The molecular formula is C23H26F3N3O7S. The van der Waals surface area contributed by atoms with E-state index in [1.54, 1.807) is 0 Å². The standard InChI is InChI=1S/C23H26F3N3O7S/c1-14(30)5-7-16-13-29(37(32,33)18-10-17(34-4)11-27-12-18)19-9-15(6-8-20(19)35-16)28-21(31)36-22(2,3)23(24,25)26/h6,8-12,16H,5,7,13H2,1-4H3,(H,28,31). The molecule has 2 heterocycles. The van der Waals surface area contributed by atoms with Crippen LogP contribution in [0.15, 0.2) is 41.6 Å². The highest BCUT2D eigenvalue weighted by Gasteiger charge is 2.51. The summed E-state index contributed by atoms with van der Waals surface area (Å²) in [6, 6.07) is 5.21. The Morgan fingerprint density at radius 1 is 1.22 bits per heavy atom. The molecule has 10 nitrogen and oxygen atoms in total. The zero-order valence-corrected chi connectivity index (χ0v) is 21.3. The Bertz CT molecular complexity index is 1280. The number of nitrogens with zero attached hydrogens (tertiary/aromatic N) is 2. The zero-order valence-electron chi connectivity index (χ0n) is 20.5. The number of alkyl halides is 3. The van der Waals surface area contributed by atoms with Crippen LogP contribution >= 0.6 is 0 Å². The molecule has 2 aromatic rings. The minimum absolute atomic E-state index is 0.0229. The number of carbonyl (C=O) groups excluding carboxylic acids is 2. The summed E-state index contributed by atoms with van der Waals surface area (Å²) >= 11 is 0. The van der Waals surface area contributed by atoms with Gasteiger partial charge in [-0.15, -0.1) is 0 Å². The molecule has 1 atom stereocenters. The molecule has 0 bridgehead atoms. The SMILES string of the molecule is COc1cncc(S(=O)(=O)N2CC(CCC(C)=O)Oc3ccc(NC(=O)OC(C)(C)C(F)(F)F)cc32)c1. The summed E-state index contributed by atoms with van der Waals surface area (Å²) in [6.45, 7) is 2.63. The molecule has 1 aliphatic heterocycles. The third-order valence-electron chi connectivity index (χ3n) is 5.50. The topological polar surface area (TPSA) is 124 Å². The van der Waals surface area contributed by atoms with Crippen molar-refractivity contribution in [3.63, 3.8) is 0 Å². The van der Waals surface area contributed by atoms with Gasteiger partial charge in [-0.05, 0) is 45.4 Å². The van der Waals surface area contributed by atoms with Crippen LogP contribution in [0, 0.1) is 0 Å². The molecule has 0 fully saturated rings. The lowest BCUT2D eigenvalue weighted by molar-refractivity contribution is -0.242. The molecule has 1 N–H and O–H groups in total. The molecule has 1 unspecified atom stereocenters. The Labute approximate surface area is 211 Å². The number of fused-ring (bicyclic) bond motifs is 1. The number of halogens is 3. The predicted molar refractivity (Wildman–Crippen MR) is 126 cm³/mol. The van der Waals surface area contributed by atoms with Crippen molar-refractivity contribution in [3.8, 4) is 11.5 Å². The molecule has 0 saturated carbocycles. The van der Waals surface area contributed by atoms with Crippen LogP contribution in [-0.4, -0.2) is 56.8 Å². The number of amides is 1. The molecule has 37 heavy (non-hydrogen) atoms. The summed E-state index contributed by atoms with van der Waals surface area (Å²) in [4.78, 5) is 27.3. The number of ether oxygens (including phenoxy) is 3. The second-order valence-electron chi connectivity index (χ2n) is 8.78. The van der Waals surface area contributed by atoms with E-state index in [0.717, 1.165) is 10.5 Å². The summed E-state index contributed by atoms with van der Waals surface area (Å²) in [7, 11) is -2.89.